The van der Waals surface area contributed by atoms with Gasteiger partial charge in [-0.1, -0.05) is 40.2 Å². The summed E-state index contributed by atoms with van der Waals surface area (Å²) in [6.45, 7) is 5.85. The molecule has 106 valence electrons. The van der Waals surface area contributed by atoms with Gasteiger partial charge in [0, 0.05) is 4.47 Å². The molecule has 0 fully saturated rings. The van der Waals surface area contributed by atoms with E-state index in [1.54, 1.807) is 13.0 Å². The van der Waals surface area contributed by atoms with Gasteiger partial charge in [0.2, 0.25) is 0 Å². The molecule has 2 aromatic rings. The molecule has 2 nitrogen and oxygen atoms in total. The molecule has 20 heavy (non-hydrogen) atoms. The first-order chi connectivity index (χ1) is 9.43. The highest BCUT2D eigenvalue weighted by Gasteiger charge is 2.15. The zero-order chi connectivity index (χ0) is 14.9. The Balaban J connectivity index is 2.49. The van der Waals surface area contributed by atoms with E-state index < -0.39 is 0 Å². The van der Waals surface area contributed by atoms with Crippen LogP contribution in [0.15, 0.2) is 34.8 Å². The summed E-state index contributed by atoms with van der Waals surface area (Å²) < 4.78 is 14.5. The molecule has 0 saturated heterocycles. The number of nitrogens with two attached hydrogens (primary N) is 1. The third-order valence-electron chi connectivity index (χ3n) is 3.47. The van der Waals surface area contributed by atoms with E-state index in [0.29, 0.717) is 5.56 Å². The van der Waals surface area contributed by atoms with E-state index in [9.17, 15) is 4.39 Å². The average Bonchev–Trinajstić information content (AvgIpc) is 2.41. The van der Waals surface area contributed by atoms with Gasteiger partial charge in [0.05, 0.1) is 6.04 Å². The van der Waals surface area contributed by atoms with Crippen molar-refractivity contribution in [3.8, 4) is 0 Å². The van der Waals surface area contributed by atoms with Crippen LogP contribution in [0.2, 0.25) is 0 Å². The topological polar surface area (TPSA) is 38.0 Å². The van der Waals surface area contributed by atoms with Gasteiger partial charge in [-0.2, -0.15) is 0 Å². The number of rotatable bonds is 3. The fourth-order valence-corrected chi connectivity index (χ4v) is 2.61. The lowest BCUT2D eigenvalue weighted by atomic mass is 9.95. The first-order valence-corrected chi connectivity index (χ1v) is 7.22. The first-order valence-electron chi connectivity index (χ1n) is 6.43. The lowest BCUT2D eigenvalue weighted by molar-refractivity contribution is 0.607. The van der Waals surface area contributed by atoms with Gasteiger partial charge < -0.3 is 0 Å². The third-order valence-corrected chi connectivity index (χ3v) is 4.72. The SMILES string of the molecule is Cc1cc(C(NN)c2cc(C)c(Br)c(C)c2)ccc1F. The summed E-state index contributed by atoms with van der Waals surface area (Å²) in [6.07, 6.45) is 0. The van der Waals surface area contributed by atoms with Gasteiger partial charge >= 0.3 is 0 Å². The Morgan fingerprint density at radius 3 is 2.05 bits per heavy atom. The summed E-state index contributed by atoms with van der Waals surface area (Å²) in [6, 6.07) is 9.08. The van der Waals surface area contributed by atoms with E-state index in [1.807, 2.05) is 19.9 Å². The zero-order valence-corrected chi connectivity index (χ0v) is 13.4. The molecule has 1 unspecified atom stereocenters. The Kier molecular flexibility index (Phi) is 4.58. The number of hydrogen-bond acceptors (Lipinski definition) is 2. The fourth-order valence-electron chi connectivity index (χ4n) is 2.38. The molecular weight excluding hydrogens is 319 g/mol. The van der Waals surface area contributed by atoms with E-state index in [1.165, 1.54) is 6.07 Å². The molecule has 0 saturated carbocycles. The van der Waals surface area contributed by atoms with Crippen LogP contribution in [0, 0.1) is 26.6 Å². The maximum Gasteiger partial charge on any atom is 0.126 e. The van der Waals surface area contributed by atoms with Crippen LogP contribution >= 0.6 is 15.9 Å². The lowest BCUT2D eigenvalue weighted by Gasteiger charge is -2.19. The van der Waals surface area contributed by atoms with Crippen molar-refractivity contribution in [2.45, 2.75) is 26.8 Å². The highest BCUT2D eigenvalue weighted by Crippen LogP contribution is 2.29. The predicted molar refractivity (Wildman–Crippen MR) is 83.9 cm³/mol. The molecule has 1 atom stereocenters. The van der Waals surface area contributed by atoms with E-state index in [-0.39, 0.29) is 11.9 Å². The number of aryl methyl sites for hydroxylation is 3. The summed E-state index contributed by atoms with van der Waals surface area (Å²) in [4.78, 5) is 0. The largest absolute Gasteiger partial charge is 0.271 e. The third kappa shape index (κ3) is 2.92. The Morgan fingerprint density at radius 2 is 1.55 bits per heavy atom. The fraction of sp³-hybridized carbons (Fsp3) is 0.250. The Bertz CT molecular complexity index is 617. The maximum absolute atomic E-state index is 13.4. The smallest absolute Gasteiger partial charge is 0.126 e. The Labute approximate surface area is 127 Å². The van der Waals surface area contributed by atoms with Gasteiger partial charge in [0.1, 0.15) is 5.82 Å². The number of benzene rings is 2. The monoisotopic (exact) mass is 336 g/mol. The van der Waals surface area contributed by atoms with E-state index in [0.717, 1.165) is 26.7 Å². The number of nitrogens with one attached hydrogen (secondary N) is 1. The van der Waals surface area contributed by atoms with Gasteiger partial charge in [0.15, 0.2) is 0 Å². The number of halogens is 2. The lowest BCUT2D eigenvalue weighted by Crippen LogP contribution is -2.29. The van der Waals surface area contributed by atoms with Crippen molar-refractivity contribution in [3.63, 3.8) is 0 Å². The van der Waals surface area contributed by atoms with E-state index in [4.69, 9.17) is 5.84 Å². The van der Waals surface area contributed by atoms with E-state index >= 15 is 0 Å². The van der Waals surface area contributed by atoms with Crippen LogP contribution in [0.3, 0.4) is 0 Å². The standard InChI is InChI=1S/C16H18BrFN2/c1-9-6-12(4-5-14(9)18)16(20-19)13-7-10(2)15(17)11(3)8-13/h4-8,16,20H,19H2,1-3H3. The molecule has 0 aliphatic carbocycles. The minimum atomic E-state index is -0.201. The second-order valence-corrected chi connectivity index (χ2v) is 5.87. The second-order valence-electron chi connectivity index (χ2n) is 5.08. The van der Waals surface area contributed by atoms with Crippen molar-refractivity contribution in [1.29, 1.82) is 0 Å². The molecule has 0 heterocycles. The summed E-state index contributed by atoms with van der Waals surface area (Å²) in [5.74, 6) is 5.51. The highest BCUT2D eigenvalue weighted by molar-refractivity contribution is 9.10. The molecular formula is C16H18BrFN2. The van der Waals surface area contributed by atoms with Gasteiger partial charge in [0.25, 0.3) is 0 Å². The molecule has 2 aromatic carbocycles. The summed E-state index contributed by atoms with van der Waals surface area (Å²) >= 11 is 3.56. The van der Waals surface area contributed by atoms with Crippen molar-refractivity contribution in [1.82, 2.24) is 5.43 Å². The van der Waals surface area contributed by atoms with Gasteiger partial charge in [-0.15, -0.1) is 0 Å². The Hall–Kier alpha value is -1.23. The van der Waals surface area contributed by atoms with Crippen molar-refractivity contribution in [2.75, 3.05) is 0 Å². The molecule has 4 heteroatoms. The van der Waals surface area contributed by atoms with Crippen LogP contribution < -0.4 is 11.3 Å². The van der Waals surface area contributed by atoms with E-state index in [2.05, 4.69) is 33.5 Å². The zero-order valence-electron chi connectivity index (χ0n) is 11.8. The quantitative estimate of drug-likeness (QED) is 0.655. The molecule has 3 N–H and O–H groups in total. The van der Waals surface area contributed by atoms with Crippen LogP contribution in [0.25, 0.3) is 0 Å². The second kappa shape index (κ2) is 6.04. The molecule has 0 aliphatic rings. The predicted octanol–water partition coefficient (Wildman–Crippen LogP) is 4.07. The maximum atomic E-state index is 13.4. The van der Waals surface area contributed by atoms with Crippen LogP contribution in [-0.2, 0) is 0 Å². The molecule has 0 aliphatic heterocycles. The number of hydrazine groups is 1. The molecule has 0 bridgehead atoms. The number of hydrogen-bond donors (Lipinski definition) is 2. The minimum absolute atomic E-state index is 0.153. The summed E-state index contributed by atoms with van der Waals surface area (Å²) in [5.41, 5.74) is 7.76. The molecule has 0 amide bonds. The first kappa shape index (κ1) is 15.2. The van der Waals surface area contributed by atoms with Crippen LogP contribution in [0.4, 0.5) is 4.39 Å². The highest BCUT2D eigenvalue weighted by atomic mass is 79.9. The minimum Gasteiger partial charge on any atom is -0.271 e. The van der Waals surface area contributed by atoms with Gasteiger partial charge in [-0.3, -0.25) is 5.84 Å². The van der Waals surface area contributed by atoms with Crippen LogP contribution in [-0.4, -0.2) is 0 Å². The summed E-state index contributed by atoms with van der Waals surface area (Å²) in [5, 5.41) is 0. The molecule has 2 rings (SSSR count). The van der Waals surface area contributed by atoms with Crippen LogP contribution in [0.5, 0.6) is 0 Å². The molecule has 0 aromatic heterocycles. The average molecular weight is 337 g/mol. The molecule has 0 radical (unpaired) electrons. The van der Waals surface area contributed by atoms with Crippen molar-refractivity contribution in [3.05, 3.63) is 68.4 Å². The Morgan fingerprint density at radius 1 is 1.00 bits per heavy atom. The molecule has 0 spiro atoms. The van der Waals surface area contributed by atoms with Crippen molar-refractivity contribution >= 4 is 15.9 Å². The summed E-state index contributed by atoms with van der Waals surface area (Å²) in [7, 11) is 0. The van der Waals surface area contributed by atoms with Crippen LogP contribution in [0.1, 0.15) is 33.9 Å². The normalized spacial score (nSPS) is 12.5. The van der Waals surface area contributed by atoms with Gasteiger partial charge in [-0.05, 0) is 54.7 Å². The van der Waals surface area contributed by atoms with Crippen molar-refractivity contribution in [2.24, 2.45) is 5.84 Å². The van der Waals surface area contributed by atoms with Gasteiger partial charge in [-0.25, -0.2) is 9.82 Å². The van der Waals surface area contributed by atoms with Crippen molar-refractivity contribution < 1.29 is 4.39 Å².